The molecular formula is C22H26O2. The first kappa shape index (κ1) is 15.9. The van der Waals surface area contributed by atoms with Crippen molar-refractivity contribution in [2.75, 3.05) is 0 Å². The molecule has 0 heterocycles. The van der Waals surface area contributed by atoms with Gasteiger partial charge in [0.15, 0.2) is 5.78 Å². The van der Waals surface area contributed by atoms with Crippen LogP contribution in [-0.2, 0) is 4.79 Å². The third-order valence-corrected chi connectivity index (χ3v) is 7.64. The van der Waals surface area contributed by atoms with E-state index in [1.165, 1.54) is 11.1 Å². The summed E-state index contributed by atoms with van der Waals surface area (Å²) in [6.45, 7) is 8.92. The van der Waals surface area contributed by atoms with Crippen LogP contribution >= 0.6 is 0 Å². The Balaban J connectivity index is 1.80. The lowest BCUT2D eigenvalue weighted by atomic mass is 9.43. The number of fused-ring (bicyclic) bond motifs is 5. The number of allylic oxidation sites excluding steroid dienone is 4. The molecule has 0 aromatic carbocycles. The van der Waals surface area contributed by atoms with E-state index in [-0.39, 0.29) is 22.5 Å². The summed E-state index contributed by atoms with van der Waals surface area (Å²) < 4.78 is 0. The van der Waals surface area contributed by atoms with E-state index in [4.69, 9.17) is 6.42 Å². The largest absolute Gasteiger partial charge is 0.373 e. The molecule has 24 heavy (non-hydrogen) atoms. The van der Waals surface area contributed by atoms with Crippen molar-refractivity contribution in [3.63, 3.8) is 0 Å². The Morgan fingerprint density at radius 1 is 1.38 bits per heavy atom. The Kier molecular flexibility index (Phi) is 3.14. The molecule has 2 fully saturated rings. The van der Waals surface area contributed by atoms with Crippen LogP contribution in [0.5, 0.6) is 0 Å². The summed E-state index contributed by atoms with van der Waals surface area (Å²) >= 11 is 0. The van der Waals surface area contributed by atoms with Crippen LogP contribution in [0.3, 0.4) is 0 Å². The van der Waals surface area contributed by atoms with E-state index in [1.807, 2.05) is 12.2 Å². The molecule has 0 aliphatic heterocycles. The lowest BCUT2D eigenvalue weighted by Gasteiger charge is -2.61. The van der Waals surface area contributed by atoms with Gasteiger partial charge < -0.3 is 5.11 Å². The lowest BCUT2D eigenvalue weighted by Crippen LogP contribution is -2.58. The molecule has 0 aromatic rings. The van der Waals surface area contributed by atoms with Crippen LogP contribution < -0.4 is 0 Å². The molecule has 126 valence electrons. The number of hydrogen-bond donors (Lipinski definition) is 1. The van der Waals surface area contributed by atoms with Crippen molar-refractivity contribution in [2.45, 2.75) is 51.6 Å². The zero-order valence-corrected chi connectivity index (χ0v) is 14.6. The highest BCUT2D eigenvalue weighted by Gasteiger charge is 2.65. The van der Waals surface area contributed by atoms with Crippen LogP contribution in [0.2, 0.25) is 0 Å². The monoisotopic (exact) mass is 322 g/mol. The SMILES string of the molecule is C#C[C@]1(O)C=C[C@H]2[C@]3(C)CCC4=CC(=O)CC[C@@H]4[C@H]3C(=C)C[C@@]21C. The van der Waals surface area contributed by atoms with Crippen LogP contribution in [0.15, 0.2) is 36.0 Å². The van der Waals surface area contributed by atoms with Crippen LogP contribution in [-0.4, -0.2) is 16.5 Å². The Hall–Kier alpha value is -1.59. The van der Waals surface area contributed by atoms with Crippen molar-refractivity contribution in [3.05, 3.63) is 36.0 Å². The first-order chi connectivity index (χ1) is 11.2. The van der Waals surface area contributed by atoms with Gasteiger partial charge in [-0.15, -0.1) is 6.42 Å². The van der Waals surface area contributed by atoms with Gasteiger partial charge in [-0.2, -0.15) is 0 Å². The quantitative estimate of drug-likeness (QED) is 0.544. The van der Waals surface area contributed by atoms with E-state index >= 15 is 0 Å². The molecule has 0 aromatic heterocycles. The molecule has 1 N–H and O–H groups in total. The molecule has 0 radical (unpaired) electrons. The van der Waals surface area contributed by atoms with E-state index in [2.05, 4.69) is 32.4 Å². The highest BCUT2D eigenvalue weighted by molar-refractivity contribution is 5.91. The first-order valence-electron chi connectivity index (χ1n) is 9.06. The Morgan fingerprint density at radius 2 is 2.12 bits per heavy atom. The summed E-state index contributed by atoms with van der Waals surface area (Å²) in [5.74, 6) is 3.99. The second-order valence-electron chi connectivity index (χ2n) is 8.81. The highest BCUT2D eigenvalue weighted by atomic mass is 16.3. The van der Waals surface area contributed by atoms with Gasteiger partial charge in [0.1, 0.15) is 5.60 Å². The van der Waals surface area contributed by atoms with Gasteiger partial charge in [0.05, 0.1) is 0 Å². The van der Waals surface area contributed by atoms with Gasteiger partial charge >= 0.3 is 0 Å². The van der Waals surface area contributed by atoms with Crippen molar-refractivity contribution < 1.29 is 9.90 Å². The smallest absolute Gasteiger partial charge is 0.155 e. The second kappa shape index (κ2) is 4.73. The minimum atomic E-state index is -1.19. The van der Waals surface area contributed by atoms with Crippen LogP contribution in [0.1, 0.15) is 46.0 Å². The maximum Gasteiger partial charge on any atom is 0.155 e. The van der Waals surface area contributed by atoms with Crippen LogP contribution in [0, 0.1) is 40.9 Å². The van der Waals surface area contributed by atoms with Gasteiger partial charge in [-0.25, -0.2) is 0 Å². The van der Waals surface area contributed by atoms with Crippen LogP contribution in [0.25, 0.3) is 0 Å². The zero-order chi connectivity index (χ0) is 17.3. The van der Waals surface area contributed by atoms with Gasteiger partial charge in [-0.3, -0.25) is 4.79 Å². The van der Waals surface area contributed by atoms with E-state index in [9.17, 15) is 9.90 Å². The molecule has 2 saturated carbocycles. The van der Waals surface area contributed by atoms with Crippen molar-refractivity contribution in [3.8, 4) is 12.3 Å². The van der Waals surface area contributed by atoms with Crippen molar-refractivity contribution >= 4 is 5.78 Å². The standard InChI is InChI=1S/C22H26O2/c1-5-22(24)11-9-18-20(3)10-8-15-12-16(23)6-7-17(15)19(20)14(2)13-21(18,22)4/h1,9,11-12,17-19,24H,2,6-8,10,13H2,3-4H3/t17-,18-,19+,20-,21-,22-/m0/s1. The van der Waals surface area contributed by atoms with Gasteiger partial charge in [-0.05, 0) is 61.0 Å². The molecule has 6 atom stereocenters. The minimum Gasteiger partial charge on any atom is -0.373 e. The zero-order valence-electron chi connectivity index (χ0n) is 14.6. The van der Waals surface area contributed by atoms with E-state index < -0.39 is 5.60 Å². The molecule has 2 heteroatoms. The molecule has 0 amide bonds. The van der Waals surface area contributed by atoms with E-state index in [0.29, 0.717) is 18.3 Å². The first-order valence-corrected chi connectivity index (χ1v) is 9.06. The number of carbonyl (C=O) groups excluding carboxylic acids is 1. The van der Waals surface area contributed by atoms with E-state index in [0.717, 1.165) is 25.7 Å². The van der Waals surface area contributed by atoms with Gasteiger partial charge in [0.2, 0.25) is 0 Å². The maximum atomic E-state index is 11.8. The fourth-order valence-corrected chi connectivity index (χ4v) is 6.50. The summed E-state index contributed by atoms with van der Waals surface area (Å²) in [5, 5.41) is 11.0. The summed E-state index contributed by atoms with van der Waals surface area (Å²) in [7, 11) is 0. The molecule has 4 aliphatic carbocycles. The summed E-state index contributed by atoms with van der Waals surface area (Å²) in [6.07, 6.45) is 16.0. The average molecular weight is 322 g/mol. The molecule has 0 spiro atoms. The number of aliphatic hydroxyl groups is 1. The number of hydrogen-bond acceptors (Lipinski definition) is 2. The minimum absolute atomic E-state index is 0.0459. The van der Waals surface area contributed by atoms with E-state index in [1.54, 1.807) is 0 Å². The summed E-state index contributed by atoms with van der Waals surface area (Å²) in [4.78, 5) is 11.8. The topological polar surface area (TPSA) is 37.3 Å². The van der Waals surface area contributed by atoms with Crippen LogP contribution in [0.4, 0.5) is 0 Å². The lowest BCUT2D eigenvalue weighted by molar-refractivity contribution is -0.117. The third-order valence-electron chi connectivity index (χ3n) is 7.64. The Labute approximate surface area is 144 Å². The Morgan fingerprint density at radius 3 is 2.83 bits per heavy atom. The molecular weight excluding hydrogens is 296 g/mol. The predicted molar refractivity (Wildman–Crippen MR) is 94.9 cm³/mol. The second-order valence-corrected chi connectivity index (χ2v) is 8.81. The molecule has 0 unspecified atom stereocenters. The summed E-state index contributed by atoms with van der Waals surface area (Å²) in [5.41, 5.74) is 1.01. The normalized spacial score (nSPS) is 49.8. The molecule has 0 bridgehead atoms. The molecule has 0 saturated heterocycles. The number of carbonyl (C=O) groups is 1. The number of ketones is 1. The number of rotatable bonds is 0. The molecule has 4 aliphatic rings. The molecule has 2 nitrogen and oxygen atoms in total. The van der Waals surface area contributed by atoms with Gasteiger partial charge in [-0.1, -0.05) is 43.6 Å². The van der Waals surface area contributed by atoms with Crippen molar-refractivity contribution in [1.29, 1.82) is 0 Å². The fourth-order valence-electron chi connectivity index (χ4n) is 6.50. The van der Waals surface area contributed by atoms with Gasteiger partial charge in [0, 0.05) is 11.8 Å². The summed E-state index contributed by atoms with van der Waals surface area (Å²) in [6, 6.07) is 0. The van der Waals surface area contributed by atoms with Crippen molar-refractivity contribution in [2.24, 2.45) is 28.6 Å². The number of terminal acetylenes is 1. The highest BCUT2D eigenvalue weighted by Crippen LogP contribution is 2.68. The Bertz CT molecular complexity index is 736. The predicted octanol–water partition coefficient (Wildman–Crippen LogP) is 3.82. The van der Waals surface area contributed by atoms with Gasteiger partial charge in [0.25, 0.3) is 0 Å². The fraction of sp³-hybridized carbons (Fsp3) is 0.591. The molecule has 4 rings (SSSR count). The third kappa shape index (κ3) is 1.74. The maximum absolute atomic E-state index is 11.8. The van der Waals surface area contributed by atoms with Crippen molar-refractivity contribution in [1.82, 2.24) is 0 Å². The average Bonchev–Trinajstić information content (AvgIpc) is 2.80.